The first-order valence-corrected chi connectivity index (χ1v) is 11.7. The van der Waals surface area contributed by atoms with Gasteiger partial charge < -0.3 is 24.4 Å². The van der Waals surface area contributed by atoms with E-state index in [1.165, 1.54) is 6.07 Å². The number of ether oxygens (including phenoxy) is 1. The van der Waals surface area contributed by atoms with E-state index < -0.39 is 17.4 Å². The van der Waals surface area contributed by atoms with Gasteiger partial charge in [-0.3, -0.25) is 5.10 Å². The van der Waals surface area contributed by atoms with Crippen molar-refractivity contribution in [3.05, 3.63) is 47.8 Å². The number of nitrogens with zero attached hydrogens (tertiary/aromatic N) is 6. The second-order valence-corrected chi connectivity index (χ2v) is 9.26. The van der Waals surface area contributed by atoms with Gasteiger partial charge in [-0.2, -0.15) is 15.1 Å². The van der Waals surface area contributed by atoms with E-state index in [9.17, 15) is 4.39 Å². The van der Waals surface area contributed by atoms with Gasteiger partial charge in [0.05, 0.1) is 5.52 Å². The molecule has 11 heteroatoms. The summed E-state index contributed by atoms with van der Waals surface area (Å²) < 4.78 is 37.4. The summed E-state index contributed by atoms with van der Waals surface area (Å²) in [6.07, 6.45) is 3.98. The normalized spacial score (nSPS) is 16.7. The van der Waals surface area contributed by atoms with Crippen LogP contribution in [-0.2, 0) is 7.05 Å². The minimum Gasteiger partial charge on any atom is -0.418 e. The van der Waals surface area contributed by atoms with Gasteiger partial charge in [0, 0.05) is 74.6 Å². The first-order chi connectivity index (χ1) is 16.9. The molecule has 1 aliphatic heterocycles. The molecule has 1 saturated heterocycles. The molecule has 0 spiro atoms. The second-order valence-electron chi connectivity index (χ2n) is 9.26. The molecule has 4 heterocycles. The fourth-order valence-electron chi connectivity index (χ4n) is 4.36. The molecule has 4 aromatic rings. The molecule has 3 aromatic heterocycles. The van der Waals surface area contributed by atoms with E-state index in [0.717, 1.165) is 44.7 Å². The Labute approximate surface area is 200 Å². The molecule has 0 atom stereocenters. The summed E-state index contributed by atoms with van der Waals surface area (Å²) in [6, 6.07) is 6.45. The maximum atomic E-state index is 15.2. The molecule has 6 rings (SSSR count). The number of aryl methyl sites for hydroxylation is 1. The fourth-order valence-corrected chi connectivity index (χ4v) is 4.36. The van der Waals surface area contributed by atoms with Crippen LogP contribution < -0.4 is 15.0 Å². The number of aromatic nitrogens is 5. The lowest BCUT2D eigenvalue weighted by atomic mass is 10.2. The Hall–Kier alpha value is -3.73. The standard InChI is InChI=1S/C24H26F2N8O/c1-32-7-9-34(10-8-32)21-13-19(27-20-12-17(30-31-20)14-3-4-14)28-24(29-21)35-23-16(25)11-18-15(22(23)26)5-6-33(18)2/h5-6,11-14H,3-4,7-10H2,1-2H3,(H2,27,28,29,30,31). The fraction of sp³-hybridized carbons (Fsp3) is 0.375. The van der Waals surface area contributed by atoms with Gasteiger partial charge in [0.2, 0.25) is 5.75 Å². The molecule has 9 nitrogen and oxygen atoms in total. The maximum absolute atomic E-state index is 15.2. The van der Waals surface area contributed by atoms with E-state index >= 15 is 4.39 Å². The molecule has 182 valence electrons. The first kappa shape index (κ1) is 21.8. The van der Waals surface area contributed by atoms with Gasteiger partial charge >= 0.3 is 6.01 Å². The van der Waals surface area contributed by atoms with Crippen molar-refractivity contribution in [2.24, 2.45) is 7.05 Å². The molecule has 0 unspecified atom stereocenters. The van der Waals surface area contributed by atoms with Gasteiger partial charge in [0.1, 0.15) is 11.6 Å². The summed E-state index contributed by atoms with van der Waals surface area (Å²) in [5.41, 5.74) is 1.52. The van der Waals surface area contributed by atoms with Crippen molar-refractivity contribution in [2.75, 3.05) is 43.4 Å². The SMILES string of the molecule is CN1CCN(c2cc(Nc3cc(C4CC4)[nH]n3)nc(Oc3c(F)cc4c(ccn4C)c3F)n2)CC1. The Morgan fingerprint density at radius 2 is 1.83 bits per heavy atom. The quantitative estimate of drug-likeness (QED) is 0.429. The Morgan fingerprint density at radius 3 is 2.60 bits per heavy atom. The molecule has 0 amide bonds. The van der Waals surface area contributed by atoms with E-state index in [0.29, 0.717) is 28.9 Å². The van der Waals surface area contributed by atoms with Crippen molar-refractivity contribution in [2.45, 2.75) is 18.8 Å². The summed E-state index contributed by atoms with van der Waals surface area (Å²) in [6.45, 7) is 3.28. The number of H-pyrrole nitrogens is 1. The minimum absolute atomic E-state index is 0.144. The van der Waals surface area contributed by atoms with Crippen LogP contribution in [-0.4, -0.2) is 62.9 Å². The topological polar surface area (TPSA) is 87.1 Å². The third kappa shape index (κ3) is 4.27. The Morgan fingerprint density at radius 1 is 1.03 bits per heavy atom. The van der Waals surface area contributed by atoms with Gasteiger partial charge in [-0.05, 0) is 26.0 Å². The highest BCUT2D eigenvalue weighted by Crippen LogP contribution is 2.40. The summed E-state index contributed by atoms with van der Waals surface area (Å²) in [5.74, 6) is 0.0583. The van der Waals surface area contributed by atoms with Crippen LogP contribution in [0.4, 0.5) is 26.2 Å². The van der Waals surface area contributed by atoms with Gasteiger partial charge in [-0.25, -0.2) is 8.78 Å². The average molecular weight is 481 g/mol. The lowest BCUT2D eigenvalue weighted by Gasteiger charge is -2.33. The molecule has 1 aromatic carbocycles. The smallest absolute Gasteiger partial charge is 0.326 e. The number of piperazine rings is 1. The first-order valence-electron chi connectivity index (χ1n) is 11.7. The predicted octanol–water partition coefficient (Wildman–Crippen LogP) is 4.13. The van der Waals surface area contributed by atoms with Crippen LogP contribution in [0.1, 0.15) is 24.5 Å². The number of nitrogens with one attached hydrogen (secondary N) is 2. The van der Waals surface area contributed by atoms with Crippen molar-refractivity contribution >= 4 is 28.4 Å². The number of rotatable bonds is 6. The Balaban J connectivity index is 1.35. The van der Waals surface area contributed by atoms with E-state index in [1.807, 2.05) is 6.07 Å². The van der Waals surface area contributed by atoms with E-state index in [-0.39, 0.29) is 11.4 Å². The Kier molecular flexibility index (Phi) is 5.28. The molecule has 1 saturated carbocycles. The number of likely N-dealkylation sites (N-methyl/N-ethyl adjacent to an activating group) is 1. The van der Waals surface area contributed by atoms with E-state index in [2.05, 4.69) is 42.3 Å². The zero-order valence-electron chi connectivity index (χ0n) is 19.6. The predicted molar refractivity (Wildman–Crippen MR) is 128 cm³/mol. The monoisotopic (exact) mass is 480 g/mol. The van der Waals surface area contributed by atoms with Gasteiger partial charge in [0.15, 0.2) is 17.5 Å². The number of benzene rings is 1. The molecule has 2 aliphatic rings. The average Bonchev–Trinajstić information content (AvgIpc) is 3.49. The van der Waals surface area contributed by atoms with Gasteiger partial charge in [0.25, 0.3) is 0 Å². The summed E-state index contributed by atoms with van der Waals surface area (Å²) in [7, 11) is 3.80. The lowest BCUT2D eigenvalue weighted by molar-refractivity contribution is 0.311. The van der Waals surface area contributed by atoms with Crippen molar-refractivity contribution in [1.29, 1.82) is 0 Å². The third-order valence-electron chi connectivity index (χ3n) is 6.62. The molecule has 2 N–H and O–H groups in total. The highest BCUT2D eigenvalue weighted by Gasteiger charge is 2.26. The van der Waals surface area contributed by atoms with Crippen molar-refractivity contribution < 1.29 is 13.5 Å². The van der Waals surface area contributed by atoms with Gasteiger partial charge in [-0.1, -0.05) is 0 Å². The summed E-state index contributed by atoms with van der Waals surface area (Å²) in [5, 5.41) is 10.8. The zero-order valence-corrected chi connectivity index (χ0v) is 19.6. The maximum Gasteiger partial charge on any atom is 0.326 e. The van der Waals surface area contributed by atoms with Crippen LogP contribution in [0.3, 0.4) is 0 Å². The molecule has 2 fully saturated rings. The number of fused-ring (bicyclic) bond motifs is 1. The summed E-state index contributed by atoms with van der Waals surface area (Å²) in [4.78, 5) is 13.2. The number of halogens is 2. The number of anilines is 3. The summed E-state index contributed by atoms with van der Waals surface area (Å²) >= 11 is 0. The molecule has 0 bridgehead atoms. The van der Waals surface area contributed by atoms with Crippen LogP contribution in [0.15, 0.2) is 30.5 Å². The Bertz CT molecular complexity index is 1390. The van der Waals surface area contributed by atoms with Crippen molar-refractivity contribution in [3.8, 4) is 11.8 Å². The molecule has 35 heavy (non-hydrogen) atoms. The van der Waals surface area contributed by atoms with E-state index in [1.54, 1.807) is 29.9 Å². The van der Waals surface area contributed by atoms with Crippen molar-refractivity contribution in [1.82, 2.24) is 29.6 Å². The molecule has 1 aliphatic carbocycles. The van der Waals surface area contributed by atoms with Crippen LogP contribution in [0.5, 0.6) is 11.8 Å². The molecular formula is C24H26F2N8O. The van der Waals surface area contributed by atoms with Crippen LogP contribution >= 0.6 is 0 Å². The molecule has 0 radical (unpaired) electrons. The van der Waals surface area contributed by atoms with Crippen LogP contribution in [0.25, 0.3) is 10.9 Å². The zero-order chi connectivity index (χ0) is 24.1. The number of hydrogen-bond donors (Lipinski definition) is 2. The highest BCUT2D eigenvalue weighted by atomic mass is 19.1. The van der Waals surface area contributed by atoms with Crippen molar-refractivity contribution in [3.63, 3.8) is 0 Å². The largest absolute Gasteiger partial charge is 0.418 e. The van der Waals surface area contributed by atoms with Gasteiger partial charge in [-0.15, -0.1) is 0 Å². The number of hydrogen-bond acceptors (Lipinski definition) is 7. The molecular weight excluding hydrogens is 454 g/mol. The van der Waals surface area contributed by atoms with Crippen LogP contribution in [0.2, 0.25) is 0 Å². The third-order valence-corrected chi connectivity index (χ3v) is 6.62. The lowest BCUT2D eigenvalue weighted by Crippen LogP contribution is -2.44. The van der Waals surface area contributed by atoms with Crippen LogP contribution in [0, 0.1) is 11.6 Å². The minimum atomic E-state index is -0.818. The van der Waals surface area contributed by atoms with E-state index in [4.69, 9.17) is 4.74 Å². The second kappa shape index (κ2) is 8.49. The highest BCUT2D eigenvalue weighted by molar-refractivity contribution is 5.82. The number of aromatic amines is 1.